The number of rotatable bonds is 8. The van der Waals surface area contributed by atoms with E-state index >= 15 is 0 Å². The number of aryl methyl sites for hydroxylation is 1. The number of anilines is 1. The molecule has 0 atom stereocenters. The Labute approximate surface area is 200 Å². The molecule has 1 aliphatic heterocycles. The first-order valence-electron chi connectivity index (χ1n) is 11.2. The van der Waals surface area contributed by atoms with Crippen LogP contribution in [-0.4, -0.2) is 39.6 Å². The van der Waals surface area contributed by atoms with Gasteiger partial charge in [-0.15, -0.1) is 0 Å². The number of carbonyl (C=O) groups is 2. The summed E-state index contributed by atoms with van der Waals surface area (Å²) in [4.78, 5) is 25.4. The number of Topliss-reactive ketones (excluding diaryl/α,β-unsaturated/α-hetero) is 1. The molecule has 0 amide bonds. The number of sulfonamides is 1. The molecule has 34 heavy (non-hydrogen) atoms. The molecule has 0 saturated heterocycles. The van der Waals surface area contributed by atoms with Gasteiger partial charge >= 0.3 is 5.97 Å². The maximum absolute atomic E-state index is 12.7. The van der Waals surface area contributed by atoms with Crippen molar-refractivity contribution in [2.24, 2.45) is 0 Å². The van der Waals surface area contributed by atoms with Crippen molar-refractivity contribution in [3.05, 3.63) is 101 Å². The smallest absolute Gasteiger partial charge is 0.307 e. The van der Waals surface area contributed by atoms with Gasteiger partial charge in [0, 0.05) is 18.0 Å². The zero-order valence-corrected chi connectivity index (χ0v) is 19.8. The van der Waals surface area contributed by atoms with Crippen molar-refractivity contribution in [1.29, 1.82) is 0 Å². The van der Waals surface area contributed by atoms with Crippen molar-refractivity contribution in [3.8, 4) is 0 Å². The second kappa shape index (κ2) is 10.2. The van der Waals surface area contributed by atoms with Gasteiger partial charge < -0.3 is 4.74 Å². The van der Waals surface area contributed by atoms with Gasteiger partial charge in [-0.05, 0) is 47.7 Å². The van der Waals surface area contributed by atoms with Crippen LogP contribution in [0.1, 0.15) is 45.8 Å². The topological polar surface area (TPSA) is 80.8 Å². The molecular formula is C27H27NO5S. The van der Waals surface area contributed by atoms with E-state index in [4.69, 9.17) is 4.74 Å². The van der Waals surface area contributed by atoms with Gasteiger partial charge in [0.1, 0.15) is 0 Å². The lowest BCUT2D eigenvalue weighted by atomic mass is 9.89. The number of esters is 1. The SMILES string of the molecule is CS(=O)(=O)N1CCCc2cc(C(=O)COC(=O)CC(c3ccccc3)c3ccccc3)ccc21. The fraction of sp³-hybridized carbons (Fsp3) is 0.259. The van der Waals surface area contributed by atoms with E-state index in [0.29, 0.717) is 30.6 Å². The van der Waals surface area contributed by atoms with Crippen LogP contribution in [0.3, 0.4) is 0 Å². The first kappa shape index (κ1) is 23.7. The molecule has 1 heterocycles. The quantitative estimate of drug-likeness (QED) is 0.356. The van der Waals surface area contributed by atoms with Crippen LogP contribution in [0.2, 0.25) is 0 Å². The summed E-state index contributed by atoms with van der Waals surface area (Å²) in [5.41, 5.74) is 3.83. The van der Waals surface area contributed by atoms with Gasteiger partial charge in [0.05, 0.1) is 18.4 Å². The number of hydrogen-bond acceptors (Lipinski definition) is 5. The first-order valence-corrected chi connectivity index (χ1v) is 13.1. The fourth-order valence-corrected chi connectivity index (χ4v) is 5.33. The normalized spacial score (nSPS) is 13.4. The van der Waals surface area contributed by atoms with Crippen molar-refractivity contribution in [2.75, 3.05) is 23.7 Å². The molecule has 0 N–H and O–H groups in total. The number of carbonyl (C=O) groups excluding carboxylic acids is 2. The van der Waals surface area contributed by atoms with E-state index in [1.807, 2.05) is 60.7 Å². The summed E-state index contributed by atoms with van der Waals surface area (Å²) in [6, 6.07) is 24.4. The molecule has 0 aliphatic carbocycles. The van der Waals surface area contributed by atoms with Crippen LogP contribution in [-0.2, 0) is 26.0 Å². The first-order chi connectivity index (χ1) is 16.3. The molecule has 3 aromatic rings. The summed E-state index contributed by atoms with van der Waals surface area (Å²) >= 11 is 0. The van der Waals surface area contributed by atoms with E-state index in [2.05, 4.69) is 0 Å². The molecule has 0 spiro atoms. The number of ether oxygens (including phenoxy) is 1. The van der Waals surface area contributed by atoms with Crippen LogP contribution >= 0.6 is 0 Å². The van der Waals surface area contributed by atoms with Crippen LogP contribution in [0.4, 0.5) is 5.69 Å². The summed E-state index contributed by atoms with van der Waals surface area (Å²) in [5, 5.41) is 0. The Hall–Kier alpha value is -3.45. The molecule has 4 rings (SSSR count). The van der Waals surface area contributed by atoms with E-state index in [1.54, 1.807) is 18.2 Å². The second-order valence-electron chi connectivity index (χ2n) is 8.44. The highest BCUT2D eigenvalue weighted by Crippen LogP contribution is 2.30. The molecule has 3 aromatic carbocycles. The molecule has 0 unspecified atom stereocenters. The van der Waals surface area contributed by atoms with E-state index in [0.717, 1.165) is 16.7 Å². The van der Waals surface area contributed by atoms with Crippen molar-refractivity contribution >= 4 is 27.5 Å². The summed E-state index contributed by atoms with van der Waals surface area (Å²) in [7, 11) is -3.37. The van der Waals surface area contributed by atoms with Gasteiger partial charge in [0.15, 0.2) is 12.4 Å². The number of nitrogens with zero attached hydrogens (tertiary/aromatic N) is 1. The Morgan fingerprint density at radius 1 is 0.941 bits per heavy atom. The van der Waals surface area contributed by atoms with E-state index in [-0.39, 0.29) is 24.7 Å². The molecular weight excluding hydrogens is 450 g/mol. The van der Waals surface area contributed by atoms with E-state index < -0.39 is 16.0 Å². The predicted molar refractivity (Wildman–Crippen MR) is 132 cm³/mol. The van der Waals surface area contributed by atoms with Gasteiger partial charge in [-0.3, -0.25) is 13.9 Å². The Morgan fingerprint density at radius 2 is 1.56 bits per heavy atom. The average molecular weight is 478 g/mol. The van der Waals surface area contributed by atoms with Crippen LogP contribution in [0.25, 0.3) is 0 Å². The Kier molecular flexibility index (Phi) is 7.12. The highest BCUT2D eigenvalue weighted by molar-refractivity contribution is 7.92. The van der Waals surface area contributed by atoms with Gasteiger partial charge in [0.2, 0.25) is 10.0 Å². The van der Waals surface area contributed by atoms with Crippen molar-refractivity contribution in [1.82, 2.24) is 0 Å². The lowest BCUT2D eigenvalue weighted by Crippen LogP contribution is -2.34. The molecule has 6 nitrogen and oxygen atoms in total. The molecule has 1 aliphatic rings. The summed E-state index contributed by atoms with van der Waals surface area (Å²) in [6.07, 6.45) is 2.68. The average Bonchev–Trinajstić information content (AvgIpc) is 2.85. The molecule has 0 fully saturated rings. The van der Waals surface area contributed by atoms with Crippen LogP contribution in [0.15, 0.2) is 78.9 Å². The molecule has 0 saturated carbocycles. The highest BCUT2D eigenvalue weighted by atomic mass is 32.2. The molecule has 176 valence electrons. The van der Waals surface area contributed by atoms with Gasteiger partial charge in [-0.25, -0.2) is 8.42 Å². The minimum Gasteiger partial charge on any atom is -0.457 e. The Morgan fingerprint density at radius 3 is 2.15 bits per heavy atom. The highest BCUT2D eigenvalue weighted by Gasteiger charge is 2.25. The zero-order chi connectivity index (χ0) is 24.1. The number of ketones is 1. The van der Waals surface area contributed by atoms with Crippen LogP contribution in [0.5, 0.6) is 0 Å². The van der Waals surface area contributed by atoms with Gasteiger partial charge in [-0.1, -0.05) is 60.7 Å². The minimum atomic E-state index is -3.37. The van der Waals surface area contributed by atoms with Crippen LogP contribution in [0, 0.1) is 0 Å². The third kappa shape index (κ3) is 5.54. The second-order valence-corrected chi connectivity index (χ2v) is 10.4. The molecule has 0 bridgehead atoms. The summed E-state index contributed by atoms with van der Waals surface area (Å²) < 4.78 is 30.8. The molecule has 0 radical (unpaired) electrons. The fourth-order valence-electron chi connectivity index (χ4n) is 4.33. The van der Waals surface area contributed by atoms with Gasteiger partial charge in [0.25, 0.3) is 0 Å². The molecule has 7 heteroatoms. The Bertz CT molecular complexity index is 1230. The minimum absolute atomic E-state index is 0.120. The molecule has 0 aromatic heterocycles. The third-order valence-corrected chi connectivity index (χ3v) is 7.20. The number of benzene rings is 3. The Balaban J connectivity index is 1.43. The van der Waals surface area contributed by atoms with E-state index in [9.17, 15) is 18.0 Å². The van der Waals surface area contributed by atoms with Crippen LogP contribution < -0.4 is 4.31 Å². The van der Waals surface area contributed by atoms with Crippen molar-refractivity contribution < 1.29 is 22.7 Å². The monoisotopic (exact) mass is 477 g/mol. The summed E-state index contributed by atoms with van der Waals surface area (Å²) in [5.74, 6) is -0.938. The maximum Gasteiger partial charge on any atom is 0.307 e. The third-order valence-electron chi connectivity index (χ3n) is 6.02. The lowest BCUT2D eigenvalue weighted by molar-refractivity contribution is -0.142. The van der Waals surface area contributed by atoms with Gasteiger partial charge in [-0.2, -0.15) is 0 Å². The largest absolute Gasteiger partial charge is 0.457 e. The number of hydrogen-bond donors (Lipinski definition) is 0. The van der Waals surface area contributed by atoms with Crippen molar-refractivity contribution in [3.63, 3.8) is 0 Å². The summed E-state index contributed by atoms with van der Waals surface area (Å²) in [6.45, 7) is 0.0739. The number of fused-ring (bicyclic) bond motifs is 1. The van der Waals surface area contributed by atoms with E-state index in [1.165, 1.54) is 10.6 Å². The zero-order valence-electron chi connectivity index (χ0n) is 19.0. The maximum atomic E-state index is 12.7. The predicted octanol–water partition coefficient (Wildman–Crippen LogP) is 4.35. The standard InChI is InChI=1S/C27H27NO5S/c1-34(31,32)28-16-8-13-22-17-23(14-15-25(22)28)26(29)19-33-27(30)18-24(20-9-4-2-5-10-20)21-11-6-3-7-12-21/h2-7,9-12,14-15,17,24H,8,13,16,18-19H2,1H3. The van der Waals surface area contributed by atoms with Crippen molar-refractivity contribution in [2.45, 2.75) is 25.2 Å². The lowest BCUT2D eigenvalue weighted by Gasteiger charge is -2.29.